The molecule has 9 rings (SSSR count). The molecular formula is C41H27N5. The Hall–Kier alpha value is -6.30. The number of aromatic nitrogens is 2. The van der Waals surface area contributed by atoms with Gasteiger partial charge >= 0.3 is 0 Å². The summed E-state index contributed by atoms with van der Waals surface area (Å²) in [6.07, 6.45) is 0. The lowest BCUT2D eigenvalue weighted by molar-refractivity contribution is 0.781. The molecule has 2 aromatic heterocycles. The van der Waals surface area contributed by atoms with Gasteiger partial charge in [0.15, 0.2) is 0 Å². The quantitative estimate of drug-likeness (QED) is 0.206. The number of anilines is 2. The van der Waals surface area contributed by atoms with Gasteiger partial charge in [-0.05, 0) is 91.7 Å². The van der Waals surface area contributed by atoms with Crippen molar-refractivity contribution in [2.24, 2.45) is 0 Å². The van der Waals surface area contributed by atoms with Crippen molar-refractivity contribution in [3.63, 3.8) is 0 Å². The minimum absolute atomic E-state index is 0.134. The van der Waals surface area contributed by atoms with Crippen LogP contribution in [0.4, 0.5) is 11.4 Å². The summed E-state index contributed by atoms with van der Waals surface area (Å²) in [7, 11) is 0. The molecule has 46 heavy (non-hydrogen) atoms. The van der Waals surface area contributed by atoms with Gasteiger partial charge in [0.25, 0.3) is 0 Å². The third-order valence-corrected chi connectivity index (χ3v) is 9.38. The Morgan fingerprint density at radius 3 is 2.02 bits per heavy atom. The average Bonchev–Trinajstić information content (AvgIpc) is 3.62. The van der Waals surface area contributed by atoms with E-state index in [9.17, 15) is 10.5 Å². The zero-order chi connectivity index (χ0) is 31.1. The van der Waals surface area contributed by atoms with Crippen molar-refractivity contribution >= 4 is 55.0 Å². The topological polar surface area (TPSA) is 60.7 Å². The van der Waals surface area contributed by atoms with Crippen molar-refractivity contribution < 1.29 is 0 Å². The molecule has 1 aliphatic heterocycles. The van der Waals surface area contributed by atoms with Crippen molar-refractivity contribution in [1.29, 1.82) is 10.5 Å². The standard InChI is InChI=1S/C41H27N5/c1-25(2)44-37-20-27(24-43)14-18-35(37)46-36-19-17-32-31-10-6-7-11-34(31)45(30-8-4-3-5-9-30)41(32)39(36)33-21-29(22-38(44)40(33)46)28-15-12-26(23-42)13-16-28/h3-22,25H,1-2H3. The number of fused-ring (bicyclic) bond motifs is 9. The molecule has 0 atom stereocenters. The van der Waals surface area contributed by atoms with E-state index in [1.165, 1.54) is 27.2 Å². The first-order chi connectivity index (χ1) is 22.6. The van der Waals surface area contributed by atoms with Gasteiger partial charge in [0.1, 0.15) is 0 Å². The molecule has 6 aromatic carbocycles. The number of nitrogens with zero attached hydrogens (tertiary/aromatic N) is 5. The van der Waals surface area contributed by atoms with Crippen LogP contribution in [-0.2, 0) is 0 Å². The summed E-state index contributed by atoms with van der Waals surface area (Å²) in [5.74, 6) is 0. The smallest absolute Gasteiger partial charge is 0.0992 e. The third kappa shape index (κ3) is 3.49. The van der Waals surface area contributed by atoms with Gasteiger partial charge in [-0.2, -0.15) is 10.5 Å². The van der Waals surface area contributed by atoms with Crippen LogP contribution in [0, 0.1) is 22.7 Å². The van der Waals surface area contributed by atoms with Crippen LogP contribution in [-0.4, -0.2) is 15.2 Å². The van der Waals surface area contributed by atoms with Crippen LogP contribution >= 0.6 is 0 Å². The number of benzene rings is 6. The Kier molecular flexibility index (Phi) is 5.45. The molecule has 0 saturated heterocycles. The van der Waals surface area contributed by atoms with Crippen LogP contribution in [0.3, 0.4) is 0 Å². The number of hydrogen-bond acceptors (Lipinski definition) is 3. The summed E-state index contributed by atoms with van der Waals surface area (Å²) < 4.78 is 4.80. The van der Waals surface area contributed by atoms with Gasteiger partial charge in [0.2, 0.25) is 0 Å². The van der Waals surface area contributed by atoms with E-state index in [0.717, 1.165) is 50.3 Å². The largest absolute Gasteiger partial charge is 0.335 e. The Bertz CT molecular complexity index is 2620. The summed E-state index contributed by atoms with van der Waals surface area (Å²) in [4.78, 5) is 2.37. The third-order valence-electron chi connectivity index (χ3n) is 9.38. The van der Waals surface area contributed by atoms with E-state index in [2.05, 4.69) is 125 Å². The van der Waals surface area contributed by atoms with Crippen LogP contribution < -0.4 is 4.90 Å². The van der Waals surface area contributed by atoms with Gasteiger partial charge in [-0.15, -0.1) is 0 Å². The molecule has 0 radical (unpaired) electrons. The van der Waals surface area contributed by atoms with E-state index in [1.807, 2.05) is 36.4 Å². The highest BCUT2D eigenvalue weighted by Gasteiger charge is 2.31. The second kappa shape index (κ2) is 9.60. The van der Waals surface area contributed by atoms with E-state index in [4.69, 9.17) is 0 Å². The highest BCUT2D eigenvalue weighted by atomic mass is 15.2. The maximum atomic E-state index is 9.90. The Morgan fingerprint density at radius 2 is 1.26 bits per heavy atom. The summed E-state index contributed by atoms with van der Waals surface area (Å²) in [5.41, 5.74) is 12.3. The second-order valence-electron chi connectivity index (χ2n) is 12.2. The van der Waals surface area contributed by atoms with E-state index >= 15 is 0 Å². The van der Waals surface area contributed by atoms with Crippen molar-refractivity contribution in [2.75, 3.05) is 4.90 Å². The van der Waals surface area contributed by atoms with Gasteiger partial charge in [-0.1, -0.05) is 54.6 Å². The molecule has 0 saturated carbocycles. The van der Waals surface area contributed by atoms with Gasteiger partial charge < -0.3 is 14.0 Å². The monoisotopic (exact) mass is 589 g/mol. The molecule has 5 nitrogen and oxygen atoms in total. The summed E-state index contributed by atoms with van der Waals surface area (Å²) in [5, 5.41) is 24.2. The molecule has 3 heterocycles. The molecule has 0 aliphatic carbocycles. The zero-order valence-corrected chi connectivity index (χ0v) is 25.4. The van der Waals surface area contributed by atoms with E-state index in [-0.39, 0.29) is 6.04 Å². The van der Waals surface area contributed by atoms with E-state index < -0.39 is 0 Å². The van der Waals surface area contributed by atoms with Crippen LogP contribution in [0.25, 0.3) is 66.1 Å². The maximum absolute atomic E-state index is 9.90. The second-order valence-corrected chi connectivity index (χ2v) is 12.2. The van der Waals surface area contributed by atoms with Crippen LogP contribution in [0.15, 0.2) is 121 Å². The molecule has 0 spiro atoms. The minimum atomic E-state index is 0.134. The van der Waals surface area contributed by atoms with Crippen LogP contribution in [0.2, 0.25) is 0 Å². The van der Waals surface area contributed by atoms with Gasteiger partial charge in [-0.3, -0.25) is 0 Å². The van der Waals surface area contributed by atoms with Gasteiger partial charge in [0.05, 0.1) is 62.4 Å². The van der Waals surface area contributed by atoms with E-state index in [0.29, 0.717) is 11.1 Å². The Morgan fingerprint density at radius 1 is 0.522 bits per heavy atom. The Labute approximate surface area is 266 Å². The number of nitriles is 2. The van der Waals surface area contributed by atoms with Crippen LogP contribution in [0.1, 0.15) is 25.0 Å². The summed E-state index contributed by atoms with van der Waals surface area (Å²) in [6.45, 7) is 4.40. The molecule has 0 amide bonds. The highest BCUT2D eigenvalue weighted by Crippen LogP contribution is 2.51. The van der Waals surface area contributed by atoms with Crippen LogP contribution in [0.5, 0.6) is 0 Å². The number of para-hydroxylation sites is 2. The van der Waals surface area contributed by atoms with Crippen molar-refractivity contribution in [3.05, 3.63) is 132 Å². The van der Waals surface area contributed by atoms with E-state index in [1.54, 1.807) is 0 Å². The fourth-order valence-corrected chi connectivity index (χ4v) is 7.51. The molecule has 216 valence electrons. The molecule has 1 aliphatic rings. The predicted molar refractivity (Wildman–Crippen MR) is 187 cm³/mol. The minimum Gasteiger partial charge on any atom is -0.335 e. The maximum Gasteiger partial charge on any atom is 0.0992 e. The molecule has 0 unspecified atom stereocenters. The van der Waals surface area contributed by atoms with Crippen molar-refractivity contribution in [3.8, 4) is 34.6 Å². The first kappa shape index (κ1) is 26.1. The lowest BCUT2D eigenvalue weighted by atomic mass is 9.98. The predicted octanol–water partition coefficient (Wildman–Crippen LogP) is 10.2. The average molecular weight is 590 g/mol. The van der Waals surface area contributed by atoms with Gasteiger partial charge in [-0.25, -0.2) is 0 Å². The van der Waals surface area contributed by atoms with Crippen molar-refractivity contribution in [2.45, 2.75) is 19.9 Å². The molecule has 8 aromatic rings. The molecule has 0 bridgehead atoms. The lowest BCUT2D eigenvalue weighted by Crippen LogP contribution is -2.29. The number of hydrogen-bond donors (Lipinski definition) is 0. The number of rotatable bonds is 3. The fraction of sp³-hybridized carbons (Fsp3) is 0.0732. The molecule has 0 fully saturated rings. The highest BCUT2D eigenvalue weighted by molar-refractivity contribution is 6.28. The summed E-state index contributed by atoms with van der Waals surface area (Å²) in [6, 6.07) is 47.0. The molecular weight excluding hydrogens is 562 g/mol. The fourth-order valence-electron chi connectivity index (χ4n) is 7.51. The SMILES string of the molecule is CC(C)N1c2cc(C#N)ccc2-n2c3ccc4c5ccccc5n(-c5ccccc5)c4c3c3cc(-c4ccc(C#N)cc4)cc1c32. The molecule has 5 heteroatoms. The van der Waals surface area contributed by atoms with Gasteiger partial charge in [0, 0.05) is 33.3 Å². The first-order valence-electron chi connectivity index (χ1n) is 15.5. The lowest BCUT2D eigenvalue weighted by Gasteiger charge is -2.36. The molecule has 0 N–H and O–H groups in total. The normalized spacial score (nSPS) is 12.2. The Balaban J connectivity index is 1.53. The summed E-state index contributed by atoms with van der Waals surface area (Å²) >= 11 is 0. The van der Waals surface area contributed by atoms with Crippen molar-refractivity contribution in [1.82, 2.24) is 9.13 Å². The first-order valence-corrected chi connectivity index (χ1v) is 15.5. The zero-order valence-electron chi connectivity index (χ0n) is 25.4.